The standard InChI is InChI=1S/C9H17N3O/c1-5(2)9(13)8(10)7-4-11-12-6(7)3/h4-5,8-9,13H,10H2,1-3H3,(H,11,12). The average Bonchev–Trinajstić information content (AvgIpc) is 2.48. The van der Waals surface area contributed by atoms with Crippen LogP contribution in [0.5, 0.6) is 0 Å². The van der Waals surface area contributed by atoms with E-state index in [1.165, 1.54) is 0 Å². The topological polar surface area (TPSA) is 74.9 Å². The number of aliphatic hydroxyl groups is 1. The van der Waals surface area contributed by atoms with E-state index < -0.39 is 6.10 Å². The molecule has 0 aliphatic carbocycles. The Labute approximate surface area is 78.2 Å². The van der Waals surface area contributed by atoms with Crippen molar-refractivity contribution >= 4 is 0 Å². The number of nitrogens with one attached hydrogen (secondary N) is 1. The van der Waals surface area contributed by atoms with Crippen molar-refractivity contribution in [3.05, 3.63) is 17.5 Å². The number of hydrogen-bond acceptors (Lipinski definition) is 3. The normalized spacial score (nSPS) is 16.2. The minimum absolute atomic E-state index is 0.157. The lowest BCUT2D eigenvalue weighted by atomic mass is 9.95. The molecule has 0 saturated carbocycles. The number of hydrogen-bond donors (Lipinski definition) is 3. The molecule has 2 unspecified atom stereocenters. The number of H-pyrrole nitrogens is 1. The second-order valence-corrected chi connectivity index (χ2v) is 3.71. The van der Waals surface area contributed by atoms with Crippen LogP contribution in [0.1, 0.15) is 31.1 Å². The van der Waals surface area contributed by atoms with Crippen LogP contribution in [0.25, 0.3) is 0 Å². The summed E-state index contributed by atoms with van der Waals surface area (Å²) in [5.74, 6) is 0.157. The number of nitrogens with zero attached hydrogens (tertiary/aromatic N) is 1. The first-order valence-corrected chi connectivity index (χ1v) is 4.47. The Morgan fingerprint density at radius 1 is 1.54 bits per heavy atom. The maximum absolute atomic E-state index is 9.72. The molecule has 4 N–H and O–H groups in total. The third kappa shape index (κ3) is 2.08. The molecule has 0 bridgehead atoms. The zero-order chi connectivity index (χ0) is 10.0. The molecule has 1 rings (SSSR count). The number of aromatic amines is 1. The van der Waals surface area contributed by atoms with E-state index >= 15 is 0 Å². The van der Waals surface area contributed by atoms with Gasteiger partial charge in [0.1, 0.15) is 0 Å². The molecule has 0 amide bonds. The van der Waals surface area contributed by atoms with Crippen molar-refractivity contribution in [3.63, 3.8) is 0 Å². The highest BCUT2D eigenvalue weighted by Gasteiger charge is 2.22. The Bertz CT molecular complexity index is 270. The highest BCUT2D eigenvalue weighted by molar-refractivity contribution is 5.20. The number of rotatable bonds is 3. The molecule has 1 aromatic rings. The molecule has 1 heterocycles. The van der Waals surface area contributed by atoms with Crippen LogP contribution in [0.2, 0.25) is 0 Å². The van der Waals surface area contributed by atoms with Gasteiger partial charge in [0, 0.05) is 11.3 Å². The van der Waals surface area contributed by atoms with Gasteiger partial charge in [-0.3, -0.25) is 5.10 Å². The molecule has 74 valence electrons. The van der Waals surface area contributed by atoms with Crippen LogP contribution < -0.4 is 5.73 Å². The average molecular weight is 183 g/mol. The van der Waals surface area contributed by atoms with E-state index in [1.807, 2.05) is 20.8 Å². The summed E-state index contributed by atoms with van der Waals surface area (Å²) < 4.78 is 0. The fraction of sp³-hybridized carbons (Fsp3) is 0.667. The number of nitrogens with two attached hydrogens (primary N) is 1. The summed E-state index contributed by atoms with van der Waals surface area (Å²) in [6, 6.07) is -0.348. The highest BCUT2D eigenvalue weighted by atomic mass is 16.3. The minimum atomic E-state index is -0.517. The van der Waals surface area contributed by atoms with Gasteiger partial charge in [0.2, 0.25) is 0 Å². The lowest BCUT2D eigenvalue weighted by Gasteiger charge is -2.21. The predicted octanol–water partition coefficient (Wildman–Crippen LogP) is 0.735. The van der Waals surface area contributed by atoms with Crippen LogP contribution in [-0.4, -0.2) is 21.4 Å². The molecule has 0 aromatic carbocycles. The van der Waals surface area contributed by atoms with E-state index in [1.54, 1.807) is 6.20 Å². The van der Waals surface area contributed by atoms with Crippen LogP contribution in [0, 0.1) is 12.8 Å². The Kier molecular flexibility index (Phi) is 3.06. The molecule has 0 spiro atoms. The van der Waals surface area contributed by atoms with Gasteiger partial charge >= 0.3 is 0 Å². The van der Waals surface area contributed by atoms with Crippen LogP contribution >= 0.6 is 0 Å². The first-order chi connectivity index (χ1) is 6.04. The maximum atomic E-state index is 9.72. The minimum Gasteiger partial charge on any atom is -0.391 e. The summed E-state index contributed by atoms with van der Waals surface area (Å²) in [4.78, 5) is 0. The quantitative estimate of drug-likeness (QED) is 0.646. The molecule has 0 aliphatic rings. The van der Waals surface area contributed by atoms with Crippen LogP contribution in [-0.2, 0) is 0 Å². The molecule has 0 radical (unpaired) electrons. The second-order valence-electron chi connectivity index (χ2n) is 3.71. The molecule has 4 heteroatoms. The molecule has 2 atom stereocenters. The third-order valence-electron chi connectivity index (χ3n) is 2.28. The van der Waals surface area contributed by atoms with Gasteiger partial charge in [-0.1, -0.05) is 13.8 Å². The van der Waals surface area contributed by atoms with Crippen molar-refractivity contribution < 1.29 is 5.11 Å². The Hall–Kier alpha value is -0.870. The molecule has 0 saturated heterocycles. The van der Waals surface area contributed by atoms with Crippen LogP contribution in [0.4, 0.5) is 0 Å². The summed E-state index contributed by atoms with van der Waals surface area (Å²) in [7, 11) is 0. The van der Waals surface area contributed by atoms with E-state index in [4.69, 9.17) is 5.73 Å². The lowest BCUT2D eigenvalue weighted by Crippen LogP contribution is -2.30. The van der Waals surface area contributed by atoms with Crippen molar-refractivity contribution in [2.24, 2.45) is 11.7 Å². The third-order valence-corrected chi connectivity index (χ3v) is 2.28. The summed E-state index contributed by atoms with van der Waals surface area (Å²) in [5.41, 5.74) is 7.69. The summed E-state index contributed by atoms with van der Waals surface area (Å²) in [6.45, 7) is 5.79. The number of aryl methyl sites for hydroxylation is 1. The fourth-order valence-electron chi connectivity index (χ4n) is 1.29. The molecule has 13 heavy (non-hydrogen) atoms. The smallest absolute Gasteiger partial charge is 0.0756 e. The first-order valence-electron chi connectivity index (χ1n) is 4.47. The van der Waals surface area contributed by atoms with E-state index in [2.05, 4.69) is 10.2 Å². The van der Waals surface area contributed by atoms with Gasteiger partial charge in [-0.25, -0.2) is 0 Å². The summed E-state index contributed by atoms with van der Waals surface area (Å²) in [6.07, 6.45) is 1.15. The van der Waals surface area contributed by atoms with Gasteiger partial charge in [0.15, 0.2) is 0 Å². The van der Waals surface area contributed by atoms with Crippen molar-refractivity contribution in [3.8, 4) is 0 Å². The van der Waals surface area contributed by atoms with E-state index in [0.717, 1.165) is 11.3 Å². The van der Waals surface area contributed by atoms with Gasteiger partial charge in [-0.2, -0.15) is 5.10 Å². The van der Waals surface area contributed by atoms with Crippen molar-refractivity contribution in [2.45, 2.75) is 32.9 Å². The molecule has 0 fully saturated rings. The molecular weight excluding hydrogens is 166 g/mol. The highest BCUT2D eigenvalue weighted by Crippen LogP contribution is 2.20. The Morgan fingerprint density at radius 2 is 2.15 bits per heavy atom. The first kappa shape index (κ1) is 10.2. The van der Waals surface area contributed by atoms with Crippen molar-refractivity contribution in [1.82, 2.24) is 10.2 Å². The van der Waals surface area contributed by atoms with Crippen LogP contribution in [0.15, 0.2) is 6.20 Å². The van der Waals surface area contributed by atoms with Crippen LogP contribution in [0.3, 0.4) is 0 Å². The summed E-state index contributed by atoms with van der Waals surface area (Å²) >= 11 is 0. The van der Waals surface area contributed by atoms with Gasteiger partial charge in [-0.05, 0) is 12.8 Å². The monoisotopic (exact) mass is 183 g/mol. The van der Waals surface area contributed by atoms with E-state index in [-0.39, 0.29) is 12.0 Å². The SMILES string of the molecule is Cc1[nH]ncc1C(N)C(O)C(C)C. The number of aromatic nitrogens is 2. The molecule has 4 nitrogen and oxygen atoms in total. The Balaban J connectivity index is 2.79. The van der Waals surface area contributed by atoms with E-state index in [9.17, 15) is 5.11 Å². The van der Waals surface area contributed by atoms with Gasteiger partial charge in [0.25, 0.3) is 0 Å². The van der Waals surface area contributed by atoms with Gasteiger partial charge in [0.05, 0.1) is 18.3 Å². The van der Waals surface area contributed by atoms with Gasteiger partial charge in [-0.15, -0.1) is 0 Å². The fourth-order valence-corrected chi connectivity index (χ4v) is 1.29. The Morgan fingerprint density at radius 3 is 2.54 bits per heavy atom. The van der Waals surface area contributed by atoms with Gasteiger partial charge < -0.3 is 10.8 Å². The zero-order valence-corrected chi connectivity index (χ0v) is 8.28. The molecule has 0 aliphatic heterocycles. The molecular formula is C9H17N3O. The predicted molar refractivity (Wildman–Crippen MR) is 51.1 cm³/mol. The van der Waals surface area contributed by atoms with Crippen molar-refractivity contribution in [1.29, 1.82) is 0 Å². The molecule has 1 aromatic heterocycles. The second kappa shape index (κ2) is 3.89. The summed E-state index contributed by atoms with van der Waals surface area (Å²) in [5, 5.41) is 16.4. The number of aliphatic hydroxyl groups excluding tert-OH is 1. The van der Waals surface area contributed by atoms with Crippen molar-refractivity contribution in [2.75, 3.05) is 0 Å². The maximum Gasteiger partial charge on any atom is 0.0756 e. The lowest BCUT2D eigenvalue weighted by molar-refractivity contribution is 0.0977. The van der Waals surface area contributed by atoms with E-state index in [0.29, 0.717) is 0 Å². The largest absolute Gasteiger partial charge is 0.391 e. The zero-order valence-electron chi connectivity index (χ0n) is 8.28.